The summed E-state index contributed by atoms with van der Waals surface area (Å²) in [6.07, 6.45) is 1.07. The van der Waals surface area contributed by atoms with Crippen LogP contribution in [-0.4, -0.2) is 72.6 Å². The van der Waals surface area contributed by atoms with Gasteiger partial charge in [0, 0.05) is 32.3 Å². The molecule has 9 heteroatoms. The lowest BCUT2D eigenvalue weighted by Crippen LogP contribution is -2.26. The molecule has 0 saturated carbocycles. The molecule has 3 rings (SSSR count). The maximum atomic E-state index is 11.7. The van der Waals surface area contributed by atoms with Gasteiger partial charge in [0.25, 0.3) is 6.47 Å². The summed E-state index contributed by atoms with van der Waals surface area (Å²) < 4.78 is 10.4. The Bertz CT molecular complexity index is 749. The van der Waals surface area contributed by atoms with Crippen molar-refractivity contribution in [2.75, 3.05) is 45.2 Å². The van der Waals surface area contributed by atoms with Crippen LogP contribution in [0.25, 0.3) is 11.3 Å². The van der Waals surface area contributed by atoms with E-state index in [-0.39, 0.29) is 17.8 Å². The van der Waals surface area contributed by atoms with Gasteiger partial charge in [0.1, 0.15) is 0 Å². The number of benzene rings is 1. The number of ether oxygens (including phenoxy) is 1. The van der Waals surface area contributed by atoms with Gasteiger partial charge in [-0.1, -0.05) is 35.5 Å². The van der Waals surface area contributed by atoms with Crippen molar-refractivity contribution in [2.45, 2.75) is 6.42 Å². The molecule has 1 aliphatic heterocycles. The van der Waals surface area contributed by atoms with Crippen LogP contribution in [0.3, 0.4) is 0 Å². The molecule has 1 saturated heterocycles. The molecule has 1 unspecified atom stereocenters. The number of methoxy groups -OCH3 is 1. The fourth-order valence-corrected chi connectivity index (χ4v) is 3.14. The Morgan fingerprint density at radius 2 is 2.14 bits per heavy atom. The van der Waals surface area contributed by atoms with E-state index in [1.54, 1.807) is 19.2 Å². The third kappa shape index (κ3) is 5.80. The number of rotatable bonds is 8. The van der Waals surface area contributed by atoms with Crippen LogP contribution in [0.5, 0.6) is 0 Å². The Balaban J connectivity index is 0.000000878. The molecular formula is C19H25N3O6. The van der Waals surface area contributed by atoms with Gasteiger partial charge in [-0.2, -0.15) is 0 Å². The highest BCUT2D eigenvalue weighted by molar-refractivity contribution is 5.99. The monoisotopic (exact) mass is 391 g/mol. The topological polar surface area (TPSA) is 125 Å². The Hall–Kier alpha value is -2.91. The second kappa shape index (κ2) is 11.1. The van der Waals surface area contributed by atoms with Gasteiger partial charge >= 0.3 is 5.97 Å². The summed E-state index contributed by atoms with van der Waals surface area (Å²) in [4.78, 5) is 22.4. The molecule has 2 aromatic rings. The van der Waals surface area contributed by atoms with Crippen molar-refractivity contribution >= 4 is 18.3 Å². The Labute approximate surface area is 162 Å². The average Bonchev–Trinajstić information content (AvgIpc) is 3.33. The van der Waals surface area contributed by atoms with Crippen LogP contribution < -0.4 is 5.32 Å². The zero-order chi connectivity index (χ0) is 20.4. The summed E-state index contributed by atoms with van der Waals surface area (Å²) in [6, 6.07) is 9.16. The van der Waals surface area contributed by atoms with Crippen LogP contribution in [0, 0.1) is 5.92 Å². The second-order valence-electron chi connectivity index (χ2n) is 6.34. The molecule has 0 radical (unpaired) electrons. The fraction of sp³-hybridized carbons (Fsp3) is 0.421. The smallest absolute Gasteiger partial charge is 0.343 e. The summed E-state index contributed by atoms with van der Waals surface area (Å²) >= 11 is 0. The number of hydrogen-bond acceptors (Lipinski definition) is 7. The predicted molar refractivity (Wildman–Crippen MR) is 103 cm³/mol. The van der Waals surface area contributed by atoms with E-state index in [2.05, 4.69) is 15.4 Å². The Morgan fingerprint density at radius 3 is 2.79 bits per heavy atom. The average molecular weight is 391 g/mol. The van der Waals surface area contributed by atoms with Crippen molar-refractivity contribution in [3.63, 3.8) is 0 Å². The highest BCUT2D eigenvalue weighted by Gasteiger charge is 2.26. The number of nitrogens with one attached hydrogen (secondary N) is 1. The van der Waals surface area contributed by atoms with E-state index in [1.807, 2.05) is 18.2 Å². The van der Waals surface area contributed by atoms with Gasteiger partial charge in [-0.05, 0) is 18.9 Å². The zero-order valence-corrected chi connectivity index (χ0v) is 15.7. The first-order valence-electron chi connectivity index (χ1n) is 8.92. The first-order valence-corrected chi connectivity index (χ1v) is 8.92. The number of aromatic carboxylic acids is 1. The minimum absolute atomic E-state index is 0.0837. The van der Waals surface area contributed by atoms with E-state index >= 15 is 0 Å². The van der Waals surface area contributed by atoms with Gasteiger partial charge < -0.3 is 29.7 Å². The number of nitrogens with zero attached hydrogens (tertiary/aromatic N) is 2. The zero-order valence-electron chi connectivity index (χ0n) is 15.7. The van der Waals surface area contributed by atoms with E-state index in [4.69, 9.17) is 19.2 Å². The quantitative estimate of drug-likeness (QED) is 0.580. The summed E-state index contributed by atoms with van der Waals surface area (Å²) in [7, 11) is 1.71. The number of likely N-dealkylation sites (tertiary alicyclic amines) is 1. The van der Waals surface area contributed by atoms with Crippen LogP contribution in [0.1, 0.15) is 16.8 Å². The number of carbonyl (C=O) groups is 2. The van der Waals surface area contributed by atoms with Crippen molar-refractivity contribution in [1.29, 1.82) is 0 Å². The maximum absolute atomic E-state index is 11.7. The third-order valence-corrected chi connectivity index (χ3v) is 4.48. The largest absolute Gasteiger partial charge is 0.483 e. The molecule has 3 N–H and O–H groups in total. The first-order chi connectivity index (χ1) is 13.6. The highest BCUT2D eigenvalue weighted by atomic mass is 16.5. The molecule has 1 aromatic carbocycles. The molecule has 0 spiro atoms. The minimum Gasteiger partial charge on any atom is -0.483 e. The summed E-state index contributed by atoms with van der Waals surface area (Å²) in [6.45, 7) is 4.09. The molecule has 0 bridgehead atoms. The number of anilines is 1. The molecule has 1 fully saturated rings. The summed E-state index contributed by atoms with van der Waals surface area (Å²) in [5.41, 5.74) is 0.785. The van der Waals surface area contributed by atoms with Gasteiger partial charge in [0.2, 0.25) is 0 Å². The maximum Gasteiger partial charge on any atom is 0.343 e. The lowest BCUT2D eigenvalue weighted by Gasteiger charge is -2.15. The van der Waals surface area contributed by atoms with Crippen LogP contribution in [0.15, 0.2) is 34.9 Å². The van der Waals surface area contributed by atoms with Crippen molar-refractivity contribution in [3.8, 4) is 11.3 Å². The van der Waals surface area contributed by atoms with E-state index in [1.165, 1.54) is 0 Å². The SMILES string of the molecule is COCCN1CCC(CNc2noc(-c3ccccc3)c2C(=O)O)C1.O=CO. The van der Waals surface area contributed by atoms with Crippen molar-refractivity contribution in [2.24, 2.45) is 5.92 Å². The minimum atomic E-state index is -1.05. The fourth-order valence-electron chi connectivity index (χ4n) is 3.14. The van der Waals surface area contributed by atoms with E-state index < -0.39 is 5.97 Å². The lowest BCUT2D eigenvalue weighted by atomic mass is 10.1. The van der Waals surface area contributed by atoms with Crippen LogP contribution in [0.2, 0.25) is 0 Å². The van der Waals surface area contributed by atoms with Gasteiger partial charge in [-0.3, -0.25) is 4.79 Å². The molecule has 0 aliphatic carbocycles. The highest BCUT2D eigenvalue weighted by Crippen LogP contribution is 2.29. The van der Waals surface area contributed by atoms with Crippen molar-refractivity contribution in [3.05, 3.63) is 35.9 Å². The van der Waals surface area contributed by atoms with Gasteiger partial charge in [0.15, 0.2) is 17.1 Å². The second-order valence-corrected chi connectivity index (χ2v) is 6.34. The first kappa shape index (κ1) is 21.4. The van der Waals surface area contributed by atoms with Crippen LogP contribution >= 0.6 is 0 Å². The Morgan fingerprint density at radius 1 is 1.43 bits per heavy atom. The molecule has 152 valence electrons. The lowest BCUT2D eigenvalue weighted by molar-refractivity contribution is -0.122. The van der Waals surface area contributed by atoms with E-state index in [0.717, 1.165) is 32.7 Å². The normalized spacial score (nSPS) is 16.2. The molecule has 1 aromatic heterocycles. The molecule has 1 aliphatic rings. The molecule has 28 heavy (non-hydrogen) atoms. The van der Waals surface area contributed by atoms with E-state index in [9.17, 15) is 9.90 Å². The van der Waals surface area contributed by atoms with Crippen LogP contribution in [-0.2, 0) is 9.53 Å². The third-order valence-electron chi connectivity index (χ3n) is 4.48. The molecule has 1 atom stereocenters. The van der Waals surface area contributed by atoms with Gasteiger partial charge in [-0.15, -0.1) is 0 Å². The van der Waals surface area contributed by atoms with Gasteiger partial charge in [-0.25, -0.2) is 4.79 Å². The molecule has 9 nitrogen and oxygen atoms in total. The standard InChI is InChI=1S/C18H23N3O4.CH2O2/c1-24-10-9-21-8-7-13(12-21)11-19-17-15(18(22)23)16(25-20-17)14-5-3-2-4-6-14;2-1-3/h2-6,13H,7-12H2,1H3,(H,19,20)(H,22,23);1H,(H,2,3). The number of aromatic nitrogens is 1. The Kier molecular flexibility index (Phi) is 8.44. The van der Waals surface area contributed by atoms with Crippen molar-refractivity contribution < 1.29 is 29.1 Å². The summed E-state index contributed by atoms with van der Waals surface area (Å²) in [5, 5.41) is 23.6. The van der Waals surface area contributed by atoms with Crippen LogP contribution in [0.4, 0.5) is 5.82 Å². The van der Waals surface area contributed by atoms with Crippen molar-refractivity contribution in [1.82, 2.24) is 10.1 Å². The molecule has 0 amide bonds. The van der Waals surface area contributed by atoms with E-state index in [0.29, 0.717) is 23.8 Å². The predicted octanol–water partition coefficient (Wildman–Crippen LogP) is 2.12. The number of hydrogen-bond donors (Lipinski definition) is 3. The van der Waals surface area contributed by atoms with Gasteiger partial charge in [0.05, 0.1) is 6.61 Å². The molecular weight excluding hydrogens is 366 g/mol. The number of carboxylic acid groups (broad SMARTS) is 2. The summed E-state index contributed by atoms with van der Waals surface area (Å²) in [5.74, 6) is -0.0171. The number of carboxylic acids is 1. The molecule has 2 heterocycles.